The second-order valence-electron chi connectivity index (χ2n) is 5.16. The van der Waals surface area contributed by atoms with Crippen LogP contribution in [-0.2, 0) is 6.42 Å². The molecule has 0 saturated carbocycles. The number of aromatic nitrogens is 1. The maximum atomic E-state index is 4.12. The number of pyridine rings is 1. The molecular formula is C18H24N2. The standard InChI is InChI=1S/C18H24N2/c1-3-6-15-7-5-8-17(14-15)18(20-11-4-2)16-9-12-19-13-10-16/h5,7-10,12-14,18,20H,3-4,6,11H2,1-2H3. The second kappa shape index (κ2) is 7.81. The lowest BCUT2D eigenvalue weighted by Crippen LogP contribution is -2.23. The molecule has 0 fully saturated rings. The Hall–Kier alpha value is -1.67. The number of benzene rings is 1. The zero-order valence-electron chi connectivity index (χ0n) is 12.5. The van der Waals surface area contributed by atoms with Crippen molar-refractivity contribution in [3.63, 3.8) is 0 Å². The van der Waals surface area contributed by atoms with Crippen molar-refractivity contribution in [3.05, 3.63) is 65.5 Å². The van der Waals surface area contributed by atoms with E-state index in [9.17, 15) is 0 Å². The molecule has 20 heavy (non-hydrogen) atoms. The lowest BCUT2D eigenvalue weighted by Gasteiger charge is -2.20. The molecular weight excluding hydrogens is 244 g/mol. The van der Waals surface area contributed by atoms with Gasteiger partial charge in [-0.3, -0.25) is 4.98 Å². The quantitative estimate of drug-likeness (QED) is 0.817. The van der Waals surface area contributed by atoms with Crippen molar-refractivity contribution in [2.24, 2.45) is 0 Å². The third-order valence-corrected chi connectivity index (χ3v) is 3.46. The molecule has 0 spiro atoms. The van der Waals surface area contributed by atoms with Gasteiger partial charge in [-0.1, -0.05) is 44.5 Å². The van der Waals surface area contributed by atoms with Crippen LogP contribution in [0.25, 0.3) is 0 Å². The van der Waals surface area contributed by atoms with Crippen molar-refractivity contribution in [1.82, 2.24) is 10.3 Å². The van der Waals surface area contributed by atoms with Crippen LogP contribution in [0.3, 0.4) is 0 Å². The van der Waals surface area contributed by atoms with Gasteiger partial charge in [-0.25, -0.2) is 0 Å². The normalized spacial score (nSPS) is 12.3. The van der Waals surface area contributed by atoms with Crippen molar-refractivity contribution in [2.75, 3.05) is 6.54 Å². The molecule has 1 N–H and O–H groups in total. The summed E-state index contributed by atoms with van der Waals surface area (Å²) in [4.78, 5) is 4.12. The van der Waals surface area contributed by atoms with Gasteiger partial charge in [0.1, 0.15) is 0 Å². The Balaban J connectivity index is 2.28. The average Bonchev–Trinajstić information content (AvgIpc) is 2.50. The van der Waals surface area contributed by atoms with Gasteiger partial charge in [0.25, 0.3) is 0 Å². The molecule has 0 aliphatic heterocycles. The van der Waals surface area contributed by atoms with Gasteiger partial charge >= 0.3 is 0 Å². The molecule has 2 nitrogen and oxygen atoms in total. The monoisotopic (exact) mass is 268 g/mol. The van der Waals surface area contributed by atoms with Gasteiger partial charge in [0.15, 0.2) is 0 Å². The molecule has 1 heterocycles. The van der Waals surface area contributed by atoms with E-state index in [1.165, 1.54) is 23.1 Å². The van der Waals surface area contributed by atoms with Crippen molar-refractivity contribution in [3.8, 4) is 0 Å². The average molecular weight is 268 g/mol. The molecule has 0 aliphatic carbocycles. The Kier molecular flexibility index (Phi) is 5.75. The predicted octanol–water partition coefficient (Wildman–Crippen LogP) is 4.12. The first-order chi connectivity index (χ1) is 9.85. The molecule has 106 valence electrons. The van der Waals surface area contributed by atoms with E-state index in [0.717, 1.165) is 19.4 Å². The van der Waals surface area contributed by atoms with Gasteiger partial charge in [-0.2, -0.15) is 0 Å². The molecule has 2 heteroatoms. The third kappa shape index (κ3) is 3.91. The maximum absolute atomic E-state index is 4.12. The minimum atomic E-state index is 0.259. The van der Waals surface area contributed by atoms with Crippen LogP contribution in [-0.4, -0.2) is 11.5 Å². The Labute approximate surface area is 122 Å². The summed E-state index contributed by atoms with van der Waals surface area (Å²) >= 11 is 0. The van der Waals surface area contributed by atoms with Crippen molar-refractivity contribution in [2.45, 2.75) is 39.2 Å². The van der Waals surface area contributed by atoms with E-state index in [2.05, 4.69) is 60.5 Å². The van der Waals surface area contributed by atoms with Gasteiger partial charge in [-0.05, 0) is 48.2 Å². The molecule has 1 atom stereocenters. The smallest absolute Gasteiger partial charge is 0.0577 e. The van der Waals surface area contributed by atoms with Crippen LogP contribution in [0.1, 0.15) is 49.4 Å². The first-order valence-corrected chi connectivity index (χ1v) is 7.57. The summed E-state index contributed by atoms with van der Waals surface area (Å²) in [5.41, 5.74) is 4.04. The van der Waals surface area contributed by atoms with Crippen LogP contribution in [0.4, 0.5) is 0 Å². The fraction of sp³-hybridized carbons (Fsp3) is 0.389. The van der Waals surface area contributed by atoms with E-state index >= 15 is 0 Å². The van der Waals surface area contributed by atoms with Gasteiger partial charge in [0.05, 0.1) is 6.04 Å². The summed E-state index contributed by atoms with van der Waals surface area (Å²) < 4.78 is 0. The fourth-order valence-corrected chi connectivity index (χ4v) is 2.49. The van der Waals surface area contributed by atoms with Crippen LogP contribution >= 0.6 is 0 Å². The lowest BCUT2D eigenvalue weighted by molar-refractivity contribution is 0.597. The summed E-state index contributed by atoms with van der Waals surface area (Å²) in [7, 11) is 0. The van der Waals surface area contributed by atoms with Crippen LogP contribution in [0.15, 0.2) is 48.8 Å². The van der Waals surface area contributed by atoms with Gasteiger partial charge in [0.2, 0.25) is 0 Å². The van der Waals surface area contributed by atoms with Gasteiger partial charge in [0, 0.05) is 12.4 Å². The number of aryl methyl sites for hydroxylation is 1. The zero-order chi connectivity index (χ0) is 14.2. The van der Waals surface area contributed by atoms with Crippen molar-refractivity contribution < 1.29 is 0 Å². The highest BCUT2D eigenvalue weighted by atomic mass is 14.9. The highest BCUT2D eigenvalue weighted by Crippen LogP contribution is 2.23. The molecule has 1 aromatic heterocycles. The predicted molar refractivity (Wildman–Crippen MR) is 84.8 cm³/mol. The second-order valence-corrected chi connectivity index (χ2v) is 5.16. The van der Waals surface area contributed by atoms with E-state index in [1.54, 1.807) is 0 Å². The molecule has 0 bridgehead atoms. The first kappa shape index (κ1) is 14.7. The Morgan fingerprint density at radius 3 is 2.50 bits per heavy atom. The summed E-state index contributed by atoms with van der Waals surface area (Å²) in [6, 6.07) is 13.4. The Morgan fingerprint density at radius 2 is 1.80 bits per heavy atom. The minimum Gasteiger partial charge on any atom is -0.306 e. The van der Waals surface area contributed by atoms with Crippen LogP contribution in [0.2, 0.25) is 0 Å². The SMILES string of the molecule is CCCNC(c1ccncc1)c1cccc(CCC)c1. The van der Waals surface area contributed by atoms with E-state index in [4.69, 9.17) is 0 Å². The topological polar surface area (TPSA) is 24.9 Å². The summed E-state index contributed by atoms with van der Waals surface area (Å²) in [5.74, 6) is 0. The van der Waals surface area contributed by atoms with E-state index in [0.29, 0.717) is 0 Å². The van der Waals surface area contributed by atoms with Crippen LogP contribution < -0.4 is 5.32 Å². The lowest BCUT2D eigenvalue weighted by atomic mass is 9.96. The first-order valence-electron chi connectivity index (χ1n) is 7.57. The summed E-state index contributed by atoms with van der Waals surface area (Å²) in [6.07, 6.45) is 7.20. The van der Waals surface area contributed by atoms with E-state index < -0.39 is 0 Å². The molecule has 0 amide bonds. The third-order valence-electron chi connectivity index (χ3n) is 3.46. The van der Waals surface area contributed by atoms with Gasteiger partial charge < -0.3 is 5.32 Å². The highest BCUT2D eigenvalue weighted by molar-refractivity contribution is 5.33. The fourth-order valence-electron chi connectivity index (χ4n) is 2.49. The minimum absolute atomic E-state index is 0.259. The largest absolute Gasteiger partial charge is 0.306 e. The molecule has 0 saturated heterocycles. The van der Waals surface area contributed by atoms with Crippen molar-refractivity contribution >= 4 is 0 Å². The maximum Gasteiger partial charge on any atom is 0.0577 e. The number of rotatable bonds is 7. The van der Waals surface area contributed by atoms with Crippen LogP contribution in [0.5, 0.6) is 0 Å². The summed E-state index contributed by atoms with van der Waals surface area (Å²) in [5, 5.41) is 3.64. The molecule has 2 aromatic rings. The number of hydrogen-bond donors (Lipinski definition) is 1. The van der Waals surface area contributed by atoms with Crippen LogP contribution in [0, 0.1) is 0 Å². The molecule has 1 aromatic carbocycles. The van der Waals surface area contributed by atoms with Gasteiger partial charge in [-0.15, -0.1) is 0 Å². The zero-order valence-corrected chi connectivity index (χ0v) is 12.5. The molecule has 0 aliphatic rings. The van der Waals surface area contributed by atoms with E-state index in [1.807, 2.05) is 12.4 Å². The van der Waals surface area contributed by atoms with Crippen molar-refractivity contribution in [1.29, 1.82) is 0 Å². The summed E-state index contributed by atoms with van der Waals surface area (Å²) in [6.45, 7) is 5.44. The Bertz CT molecular complexity index is 508. The van der Waals surface area contributed by atoms with E-state index in [-0.39, 0.29) is 6.04 Å². The molecule has 0 radical (unpaired) electrons. The molecule has 2 rings (SSSR count). The highest BCUT2D eigenvalue weighted by Gasteiger charge is 2.13. The molecule has 1 unspecified atom stereocenters. The Morgan fingerprint density at radius 1 is 1.00 bits per heavy atom. The number of hydrogen-bond acceptors (Lipinski definition) is 2. The number of nitrogens with zero attached hydrogens (tertiary/aromatic N) is 1. The number of nitrogens with one attached hydrogen (secondary N) is 1.